The largest absolute Gasteiger partial charge is 0.493 e. The minimum Gasteiger partial charge on any atom is -0.493 e. The highest BCUT2D eigenvalue weighted by Gasteiger charge is 2.06. The molecule has 1 rings (SSSR count). The van der Waals surface area contributed by atoms with E-state index in [-0.39, 0.29) is 5.97 Å². The summed E-state index contributed by atoms with van der Waals surface area (Å²) in [6.45, 7) is 12.9. The van der Waals surface area contributed by atoms with Gasteiger partial charge in [0, 0.05) is 0 Å². The predicted molar refractivity (Wildman–Crippen MR) is 83.4 cm³/mol. The van der Waals surface area contributed by atoms with Crippen molar-refractivity contribution in [3.63, 3.8) is 0 Å². The van der Waals surface area contributed by atoms with Crippen molar-refractivity contribution in [2.24, 2.45) is 0 Å². The first kappa shape index (κ1) is 18.5. The van der Waals surface area contributed by atoms with Crippen molar-refractivity contribution in [2.45, 2.75) is 54.4 Å². The van der Waals surface area contributed by atoms with E-state index in [1.54, 1.807) is 6.92 Å². The summed E-state index contributed by atoms with van der Waals surface area (Å²) in [5.41, 5.74) is 3.85. The number of benzene rings is 1. The summed E-state index contributed by atoms with van der Waals surface area (Å²) in [7, 11) is 0. The van der Waals surface area contributed by atoms with Crippen LogP contribution in [-0.2, 0) is 16.0 Å². The van der Waals surface area contributed by atoms with Crippen LogP contribution >= 0.6 is 0 Å². The van der Waals surface area contributed by atoms with Crippen molar-refractivity contribution >= 4 is 5.97 Å². The maximum absolute atomic E-state index is 11.2. The zero-order valence-corrected chi connectivity index (χ0v) is 13.7. The highest BCUT2D eigenvalue weighted by molar-refractivity contribution is 5.69. The quantitative estimate of drug-likeness (QED) is 0.732. The topological polar surface area (TPSA) is 35.5 Å². The van der Waals surface area contributed by atoms with E-state index in [1.165, 1.54) is 16.7 Å². The van der Waals surface area contributed by atoms with Crippen molar-refractivity contribution in [2.75, 3.05) is 13.2 Å². The van der Waals surface area contributed by atoms with Crippen LogP contribution in [0.5, 0.6) is 5.75 Å². The van der Waals surface area contributed by atoms with Gasteiger partial charge >= 0.3 is 5.97 Å². The molecule has 0 radical (unpaired) electrons. The van der Waals surface area contributed by atoms with Crippen molar-refractivity contribution in [1.29, 1.82) is 0 Å². The van der Waals surface area contributed by atoms with E-state index >= 15 is 0 Å². The summed E-state index contributed by atoms with van der Waals surface area (Å²) in [5.74, 6) is 0.614. The molecule has 114 valence electrons. The van der Waals surface area contributed by atoms with Crippen LogP contribution in [0.3, 0.4) is 0 Å². The molecule has 0 aliphatic rings. The first-order valence-electron chi connectivity index (χ1n) is 7.47. The lowest BCUT2D eigenvalue weighted by Gasteiger charge is -2.12. The second kappa shape index (κ2) is 10.3. The lowest BCUT2D eigenvalue weighted by atomic mass is 10.0. The first-order chi connectivity index (χ1) is 9.58. The summed E-state index contributed by atoms with van der Waals surface area (Å²) in [6, 6.07) is 4.05. The molecule has 1 aromatic rings. The van der Waals surface area contributed by atoms with Crippen LogP contribution in [0.4, 0.5) is 0 Å². The molecule has 0 atom stereocenters. The van der Waals surface area contributed by atoms with Crippen molar-refractivity contribution < 1.29 is 14.3 Å². The van der Waals surface area contributed by atoms with E-state index in [2.05, 4.69) is 20.8 Å². The van der Waals surface area contributed by atoms with Gasteiger partial charge in [0.15, 0.2) is 0 Å². The summed E-state index contributed by atoms with van der Waals surface area (Å²) >= 11 is 0. The number of hydrogen-bond donors (Lipinski definition) is 0. The summed E-state index contributed by atoms with van der Waals surface area (Å²) < 4.78 is 10.4. The Hall–Kier alpha value is -1.51. The van der Waals surface area contributed by atoms with Gasteiger partial charge in [0.2, 0.25) is 0 Å². The molecule has 0 N–H and O–H groups in total. The van der Waals surface area contributed by atoms with Gasteiger partial charge in [0.1, 0.15) is 5.75 Å². The average Bonchev–Trinajstić information content (AvgIpc) is 2.41. The summed E-state index contributed by atoms with van der Waals surface area (Å²) in [4.78, 5) is 11.2. The van der Waals surface area contributed by atoms with E-state index in [0.717, 1.165) is 12.2 Å². The van der Waals surface area contributed by atoms with Crippen LogP contribution in [0.1, 0.15) is 50.8 Å². The molecule has 0 bridgehead atoms. The van der Waals surface area contributed by atoms with Crippen molar-refractivity contribution in [3.8, 4) is 5.75 Å². The number of carbonyl (C=O) groups is 1. The molecule has 0 aliphatic heterocycles. The Balaban J connectivity index is 0.00000172. The zero-order chi connectivity index (χ0) is 15.5. The predicted octanol–water partition coefficient (Wildman–Crippen LogP) is 4.22. The Morgan fingerprint density at radius 3 is 2.10 bits per heavy atom. The maximum atomic E-state index is 11.2. The van der Waals surface area contributed by atoms with Crippen molar-refractivity contribution in [1.82, 2.24) is 0 Å². The van der Waals surface area contributed by atoms with Gasteiger partial charge in [-0.3, -0.25) is 4.79 Å². The Morgan fingerprint density at radius 2 is 1.65 bits per heavy atom. The van der Waals surface area contributed by atoms with E-state index < -0.39 is 0 Å². The smallest absolute Gasteiger partial charge is 0.309 e. The van der Waals surface area contributed by atoms with Crippen LogP contribution in [0.2, 0.25) is 0 Å². The maximum Gasteiger partial charge on any atom is 0.309 e. The van der Waals surface area contributed by atoms with Crippen LogP contribution in [0, 0.1) is 13.8 Å². The van der Waals surface area contributed by atoms with Gasteiger partial charge in [-0.2, -0.15) is 0 Å². The fourth-order valence-corrected chi connectivity index (χ4v) is 2.08. The fourth-order valence-electron chi connectivity index (χ4n) is 2.08. The van der Waals surface area contributed by atoms with E-state index in [1.807, 2.05) is 26.0 Å². The Labute approximate surface area is 123 Å². The third kappa shape index (κ3) is 6.09. The number of hydrogen-bond acceptors (Lipinski definition) is 3. The van der Waals surface area contributed by atoms with Crippen LogP contribution in [0.25, 0.3) is 0 Å². The Bertz CT molecular complexity index is 388. The molecule has 0 amide bonds. The minimum atomic E-state index is -0.212. The van der Waals surface area contributed by atoms with Crippen LogP contribution in [-0.4, -0.2) is 19.2 Å². The fraction of sp³-hybridized carbons (Fsp3) is 0.588. The monoisotopic (exact) mass is 280 g/mol. The molecule has 0 fully saturated rings. The third-order valence-electron chi connectivity index (χ3n) is 2.90. The molecular formula is C17H28O3. The van der Waals surface area contributed by atoms with Crippen molar-refractivity contribution in [3.05, 3.63) is 28.8 Å². The number of ether oxygens (including phenoxy) is 2. The van der Waals surface area contributed by atoms with Crippen LogP contribution < -0.4 is 4.74 Å². The standard InChI is InChI=1S/C15H22O3.C2H6/c1-5-14-11(3)9-13(10-12(14)4)18-8-7-15(16)17-6-2;1-2/h9-10H,5-8H2,1-4H3;1-2H3. The molecule has 0 aromatic heterocycles. The number of rotatable bonds is 6. The SMILES string of the molecule is CC.CCOC(=O)CCOc1cc(C)c(CC)c(C)c1. The lowest BCUT2D eigenvalue weighted by molar-refractivity contribution is -0.143. The molecule has 0 spiro atoms. The van der Waals surface area contributed by atoms with Gasteiger partial charge in [-0.15, -0.1) is 0 Å². The minimum absolute atomic E-state index is 0.212. The molecule has 0 saturated carbocycles. The second-order valence-electron chi connectivity index (χ2n) is 4.29. The van der Waals surface area contributed by atoms with Gasteiger partial charge in [-0.05, 0) is 56.0 Å². The summed E-state index contributed by atoms with van der Waals surface area (Å²) in [6.07, 6.45) is 1.32. The van der Waals surface area contributed by atoms with E-state index in [9.17, 15) is 4.79 Å². The average molecular weight is 280 g/mol. The molecular weight excluding hydrogens is 252 g/mol. The molecule has 0 saturated heterocycles. The molecule has 1 aromatic carbocycles. The highest BCUT2D eigenvalue weighted by Crippen LogP contribution is 2.22. The Kier molecular flexibility index (Phi) is 9.52. The first-order valence-corrected chi connectivity index (χ1v) is 7.47. The summed E-state index contributed by atoms with van der Waals surface area (Å²) in [5, 5.41) is 0. The van der Waals surface area contributed by atoms with Gasteiger partial charge in [-0.25, -0.2) is 0 Å². The molecule has 3 nitrogen and oxygen atoms in total. The Morgan fingerprint density at radius 1 is 1.10 bits per heavy atom. The molecule has 0 heterocycles. The number of esters is 1. The van der Waals surface area contributed by atoms with Gasteiger partial charge in [0.25, 0.3) is 0 Å². The van der Waals surface area contributed by atoms with E-state index in [4.69, 9.17) is 9.47 Å². The molecule has 20 heavy (non-hydrogen) atoms. The van der Waals surface area contributed by atoms with Gasteiger partial charge in [-0.1, -0.05) is 20.8 Å². The number of carbonyl (C=O) groups excluding carboxylic acids is 1. The lowest BCUT2D eigenvalue weighted by Crippen LogP contribution is -2.09. The second-order valence-corrected chi connectivity index (χ2v) is 4.29. The van der Waals surface area contributed by atoms with Crippen LogP contribution in [0.15, 0.2) is 12.1 Å². The zero-order valence-electron chi connectivity index (χ0n) is 13.7. The molecule has 0 unspecified atom stereocenters. The molecule has 0 aliphatic carbocycles. The molecule has 3 heteroatoms. The highest BCUT2D eigenvalue weighted by atomic mass is 16.5. The van der Waals surface area contributed by atoms with Gasteiger partial charge in [0.05, 0.1) is 19.6 Å². The van der Waals surface area contributed by atoms with Gasteiger partial charge < -0.3 is 9.47 Å². The number of aryl methyl sites for hydroxylation is 2. The normalized spacial score (nSPS) is 9.50. The third-order valence-corrected chi connectivity index (χ3v) is 2.90. The van der Waals surface area contributed by atoms with E-state index in [0.29, 0.717) is 19.6 Å².